The Morgan fingerprint density at radius 3 is 1.88 bits per heavy atom. The lowest BCUT2D eigenvalue weighted by Gasteiger charge is -2.22. The van der Waals surface area contributed by atoms with E-state index in [9.17, 15) is 11.0 Å². The molecule has 0 radical (unpaired) electrons. The van der Waals surface area contributed by atoms with Gasteiger partial charge in [-0.3, -0.25) is 0 Å². The average molecular weight is 632 g/mol. The van der Waals surface area contributed by atoms with Gasteiger partial charge in [0, 0.05) is 16.2 Å². The topological polar surface area (TPSA) is 13.1 Å². The smallest absolute Gasteiger partial charge is 0.135 e. The van der Waals surface area contributed by atoms with Crippen LogP contribution in [0, 0.1) is 0 Å². The molecule has 0 saturated heterocycles. The van der Waals surface area contributed by atoms with Crippen LogP contribution in [0.15, 0.2) is 162 Å². The second-order valence-electron chi connectivity index (χ2n) is 12.2. The van der Waals surface area contributed by atoms with Gasteiger partial charge in [0.2, 0.25) is 0 Å². The number of benzene rings is 8. The van der Waals surface area contributed by atoms with Crippen molar-refractivity contribution in [2.45, 2.75) is 19.3 Å². The van der Waals surface area contributed by atoms with Gasteiger partial charge in [-0.2, -0.15) is 0 Å². The molecule has 9 aromatic rings. The van der Waals surface area contributed by atoms with Crippen molar-refractivity contribution in [1.82, 2.24) is 0 Å². The van der Waals surface area contributed by atoms with Crippen LogP contribution in [0.2, 0.25) is 0 Å². The largest absolute Gasteiger partial charge is 0.456 e. The Morgan fingerprint density at radius 2 is 1.04 bits per heavy atom. The fourth-order valence-corrected chi connectivity index (χ4v) is 7.12. The molecule has 0 bridgehead atoms. The molecule has 1 aliphatic rings. The lowest BCUT2D eigenvalue weighted by Crippen LogP contribution is -2.14. The van der Waals surface area contributed by atoms with Gasteiger partial charge in [-0.25, -0.2) is 0 Å². The van der Waals surface area contributed by atoms with Gasteiger partial charge in [-0.05, 0) is 101 Å². The molecule has 226 valence electrons. The van der Waals surface area contributed by atoms with Crippen molar-refractivity contribution < 1.29 is 30.5 Å². The van der Waals surface area contributed by atoms with E-state index in [0.29, 0.717) is 11.1 Å². The third-order valence-corrected chi connectivity index (χ3v) is 9.26. The zero-order chi connectivity index (χ0) is 48.5. The standard InChI is InChI=1S/C47H32O/c1-47(2)40-20-10-8-18-37(40)46-32(19-12-21-41(46)47)30-23-25-36-39(27-30)45(31-24-26-43-38(28-31)33-15-9-11-22-42(33)48-43)35-17-7-6-16-34(35)44(36)29-13-4-3-5-14-29/h3-28H,1-2H3/i3D,4D,5D,6D,7D,9D,11D,13D,14D,15D,16D,17D,22D,23D,24D,25D,26D,27D,28D. The Morgan fingerprint density at radius 1 is 0.438 bits per heavy atom. The molecule has 0 N–H and O–H groups in total. The molecule has 1 heterocycles. The summed E-state index contributed by atoms with van der Waals surface area (Å²) in [5.74, 6) is 0. The monoisotopic (exact) mass is 631 g/mol. The molecule has 0 fully saturated rings. The Kier molecular flexibility index (Phi) is 3.02. The van der Waals surface area contributed by atoms with Crippen LogP contribution in [0.1, 0.15) is 51.0 Å². The van der Waals surface area contributed by atoms with Crippen LogP contribution in [0.4, 0.5) is 0 Å². The number of fused-ring (bicyclic) bond motifs is 8. The van der Waals surface area contributed by atoms with E-state index in [1.165, 1.54) is 0 Å². The Labute approximate surface area is 306 Å². The molecule has 1 aromatic heterocycles. The number of rotatable bonds is 3. The maximum absolute atomic E-state index is 10.3. The molecule has 8 aromatic carbocycles. The molecular formula is C47H32O. The summed E-state index contributed by atoms with van der Waals surface area (Å²) in [6, 6.07) is -1.24. The van der Waals surface area contributed by atoms with Gasteiger partial charge < -0.3 is 4.42 Å². The maximum Gasteiger partial charge on any atom is 0.135 e. The van der Waals surface area contributed by atoms with E-state index in [0.717, 1.165) is 16.7 Å². The van der Waals surface area contributed by atoms with E-state index >= 15 is 0 Å². The van der Waals surface area contributed by atoms with Crippen molar-refractivity contribution in [1.29, 1.82) is 0 Å². The summed E-state index contributed by atoms with van der Waals surface area (Å²) in [5, 5.41) is -2.64. The summed E-state index contributed by atoms with van der Waals surface area (Å²) in [6.45, 7) is 4.04. The van der Waals surface area contributed by atoms with Crippen LogP contribution >= 0.6 is 0 Å². The molecular weight excluding hydrogens is 581 g/mol. The van der Waals surface area contributed by atoms with Crippen molar-refractivity contribution in [3.8, 4) is 44.5 Å². The fourth-order valence-electron chi connectivity index (χ4n) is 7.12. The molecule has 48 heavy (non-hydrogen) atoms. The normalized spacial score (nSPS) is 18.9. The highest BCUT2D eigenvalue weighted by atomic mass is 16.3. The Hall–Kier alpha value is -5.92. The van der Waals surface area contributed by atoms with Gasteiger partial charge in [0.05, 0.1) is 26.0 Å². The highest BCUT2D eigenvalue weighted by molar-refractivity contribution is 6.23. The zero-order valence-electron chi connectivity index (χ0n) is 44.4. The summed E-state index contributed by atoms with van der Waals surface area (Å²) in [4.78, 5) is 0. The van der Waals surface area contributed by atoms with Crippen molar-refractivity contribution >= 4 is 43.5 Å². The predicted octanol–water partition coefficient (Wildman–Crippen LogP) is 13.2. The first kappa shape index (κ1) is 14.5. The molecule has 0 atom stereocenters. The minimum absolute atomic E-state index is 0.150. The zero-order valence-corrected chi connectivity index (χ0v) is 25.4. The van der Waals surface area contributed by atoms with Crippen LogP contribution in [0.5, 0.6) is 0 Å². The first-order valence-corrected chi connectivity index (χ1v) is 15.2. The second kappa shape index (κ2) is 10.0. The van der Waals surface area contributed by atoms with Crippen molar-refractivity contribution in [2.75, 3.05) is 0 Å². The van der Waals surface area contributed by atoms with Crippen molar-refractivity contribution in [3.63, 3.8) is 0 Å². The summed E-state index contributed by atoms with van der Waals surface area (Å²) >= 11 is 0. The molecule has 0 saturated carbocycles. The Balaban J connectivity index is 1.55. The Bertz CT molecular complexity index is 3800. The van der Waals surface area contributed by atoms with E-state index < -0.39 is 175 Å². The third-order valence-electron chi connectivity index (χ3n) is 9.26. The van der Waals surface area contributed by atoms with Gasteiger partial charge in [0.15, 0.2) is 0 Å². The van der Waals surface area contributed by atoms with E-state index in [4.69, 9.17) is 19.5 Å². The summed E-state index contributed by atoms with van der Waals surface area (Å²) < 4.78 is 180. The van der Waals surface area contributed by atoms with E-state index in [1.807, 2.05) is 44.2 Å². The van der Waals surface area contributed by atoms with Crippen LogP contribution in [0.3, 0.4) is 0 Å². The number of para-hydroxylation sites is 1. The molecule has 0 unspecified atom stereocenters. The first-order valence-electron chi connectivity index (χ1n) is 24.7. The van der Waals surface area contributed by atoms with Gasteiger partial charge in [-0.15, -0.1) is 0 Å². The second-order valence-corrected chi connectivity index (χ2v) is 12.2. The fraction of sp³-hybridized carbons (Fsp3) is 0.0638. The minimum Gasteiger partial charge on any atom is -0.456 e. The van der Waals surface area contributed by atoms with E-state index in [-0.39, 0.29) is 16.3 Å². The van der Waals surface area contributed by atoms with Gasteiger partial charge in [0.1, 0.15) is 11.2 Å². The lowest BCUT2D eigenvalue weighted by atomic mass is 9.81. The van der Waals surface area contributed by atoms with Crippen LogP contribution in [-0.2, 0) is 5.41 Å². The minimum atomic E-state index is -0.844. The molecule has 10 rings (SSSR count). The predicted molar refractivity (Wildman–Crippen MR) is 203 cm³/mol. The van der Waals surface area contributed by atoms with Gasteiger partial charge >= 0.3 is 0 Å². The molecule has 0 spiro atoms. The number of hydrogen-bond acceptors (Lipinski definition) is 1. The molecule has 1 nitrogen and oxygen atoms in total. The van der Waals surface area contributed by atoms with Crippen LogP contribution in [-0.4, -0.2) is 0 Å². The number of hydrogen-bond donors (Lipinski definition) is 0. The highest BCUT2D eigenvalue weighted by Gasteiger charge is 2.36. The SMILES string of the molecule is [2H]c1c([2H])c([2H])c(-c2c3c([2H])c([2H])c([2H])c([2H])c3c(-c3c([2H])c([2H])c4oc5c([2H])c([2H])c([2H])c([2H])c5c4c3[2H])c3c([2H])c(-c4cccc5c4-c4ccccc4C5(C)C)c([2H])c([2H])c23)c([2H])c1[2H]. The molecule has 1 heteroatoms. The summed E-state index contributed by atoms with van der Waals surface area (Å²) in [5.41, 5.74) is -0.278. The van der Waals surface area contributed by atoms with Crippen LogP contribution in [0.25, 0.3) is 88.0 Å². The average Bonchev–Trinajstić information content (AvgIpc) is 3.82. The lowest BCUT2D eigenvalue weighted by molar-refractivity contribution is 0.660. The molecule has 0 amide bonds. The van der Waals surface area contributed by atoms with Gasteiger partial charge in [0.25, 0.3) is 0 Å². The summed E-state index contributed by atoms with van der Waals surface area (Å²) in [7, 11) is 0. The van der Waals surface area contributed by atoms with Crippen LogP contribution < -0.4 is 0 Å². The number of furan rings is 1. The maximum atomic E-state index is 10.3. The first-order chi connectivity index (χ1) is 31.5. The van der Waals surface area contributed by atoms with Gasteiger partial charge in [-0.1, -0.05) is 147 Å². The van der Waals surface area contributed by atoms with Crippen molar-refractivity contribution in [2.24, 2.45) is 0 Å². The van der Waals surface area contributed by atoms with E-state index in [1.54, 1.807) is 12.1 Å². The van der Waals surface area contributed by atoms with Crippen molar-refractivity contribution in [3.05, 3.63) is 168 Å². The van der Waals surface area contributed by atoms with E-state index in [2.05, 4.69) is 0 Å². The molecule has 0 aliphatic heterocycles. The summed E-state index contributed by atoms with van der Waals surface area (Å²) in [6.07, 6.45) is 0. The highest BCUT2D eigenvalue weighted by Crippen LogP contribution is 2.53. The molecule has 1 aliphatic carbocycles. The third kappa shape index (κ3) is 3.79. The quantitative estimate of drug-likeness (QED) is 0.177.